The molecule has 0 N–H and O–H groups in total. The van der Waals surface area contributed by atoms with E-state index in [1.807, 2.05) is 26.0 Å². The number of rotatable bonds is 8. The highest BCUT2D eigenvalue weighted by atomic mass is 28.4. The number of hydrogen-bond acceptors (Lipinski definition) is 2. The lowest BCUT2D eigenvalue weighted by molar-refractivity contribution is 0.259. The van der Waals surface area contributed by atoms with E-state index in [2.05, 4.69) is 51.2 Å². The van der Waals surface area contributed by atoms with Crippen molar-refractivity contribution in [3.8, 4) is 11.8 Å². The van der Waals surface area contributed by atoms with Gasteiger partial charge in [-0.05, 0) is 52.1 Å². The Labute approximate surface area is 127 Å². The molecule has 0 rings (SSSR count). The summed E-state index contributed by atoms with van der Waals surface area (Å²) in [7, 11) is -3.33. The van der Waals surface area contributed by atoms with Gasteiger partial charge in [0.25, 0.3) is 0 Å². The van der Waals surface area contributed by atoms with Gasteiger partial charge in [-0.25, -0.2) is 0 Å². The summed E-state index contributed by atoms with van der Waals surface area (Å²) in [4.78, 5) is 0. The average Bonchev–Trinajstić information content (AvgIpc) is 2.24. The summed E-state index contributed by atoms with van der Waals surface area (Å²) in [5.74, 6) is 6.32. The summed E-state index contributed by atoms with van der Waals surface area (Å²) in [5.41, 5.74) is 0. The molecule has 0 aromatic carbocycles. The second-order valence-electron chi connectivity index (χ2n) is 6.31. The van der Waals surface area contributed by atoms with E-state index >= 15 is 0 Å². The predicted octanol–water partition coefficient (Wildman–Crippen LogP) is 4.58. The Morgan fingerprint density at radius 2 is 1.15 bits per heavy atom. The largest absolute Gasteiger partial charge is 0.404 e. The fourth-order valence-corrected chi connectivity index (χ4v) is 5.66. The molecule has 0 aliphatic carbocycles. The highest BCUT2D eigenvalue weighted by molar-refractivity contribution is 6.72. The lowest BCUT2D eigenvalue weighted by Crippen LogP contribution is -2.34. The predicted molar refractivity (Wildman–Crippen MR) is 93.8 cm³/mol. The van der Waals surface area contributed by atoms with Crippen molar-refractivity contribution >= 4 is 16.6 Å². The van der Waals surface area contributed by atoms with Crippen LogP contribution in [0.2, 0.25) is 38.3 Å². The fourth-order valence-electron chi connectivity index (χ4n) is 2.04. The van der Waals surface area contributed by atoms with E-state index in [0.29, 0.717) is 0 Å². The Hall–Kier alpha value is -0.606. The van der Waals surface area contributed by atoms with Crippen LogP contribution in [0.4, 0.5) is 0 Å². The Balaban J connectivity index is 4.43. The molecule has 0 heterocycles. The zero-order valence-corrected chi connectivity index (χ0v) is 16.0. The fraction of sp³-hybridized carbons (Fsp3) is 0.625. The van der Waals surface area contributed by atoms with Gasteiger partial charge in [-0.1, -0.05) is 24.0 Å². The molecule has 0 fully saturated rings. The van der Waals surface area contributed by atoms with Crippen molar-refractivity contribution in [2.45, 2.75) is 64.3 Å². The first-order valence-electron chi connectivity index (χ1n) is 7.20. The van der Waals surface area contributed by atoms with E-state index in [9.17, 15) is 0 Å². The smallest absolute Gasteiger partial charge is 0.192 e. The van der Waals surface area contributed by atoms with E-state index in [1.54, 1.807) is 0 Å². The summed E-state index contributed by atoms with van der Waals surface area (Å²) in [6.45, 7) is 20.3. The van der Waals surface area contributed by atoms with Gasteiger partial charge in [0.1, 0.15) is 12.2 Å². The monoisotopic (exact) mass is 310 g/mol. The maximum atomic E-state index is 6.04. The molecule has 0 spiro atoms. The third kappa shape index (κ3) is 9.32. The molecule has 0 aliphatic heterocycles. The van der Waals surface area contributed by atoms with Crippen LogP contribution in [-0.2, 0) is 8.85 Å². The van der Waals surface area contributed by atoms with Crippen LogP contribution in [0.15, 0.2) is 25.3 Å². The zero-order valence-electron chi connectivity index (χ0n) is 14.0. The van der Waals surface area contributed by atoms with Crippen molar-refractivity contribution in [2.75, 3.05) is 0 Å². The third-order valence-corrected chi connectivity index (χ3v) is 7.28. The standard InChI is InChI=1S/C16H30O2Si2/c1-9-13-19(5,6)17-15(3)11-12-16(4)18-20(7,8)14-10-2/h9-10,15-16H,1-2,13-14H2,3-8H3. The van der Waals surface area contributed by atoms with Gasteiger partial charge in [0.15, 0.2) is 16.6 Å². The van der Waals surface area contributed by atoms with Gasteiger partial charge in [0.2, 0.25) is 0 Å². The molecular weight excluding hydrogens is 280 g/mol. The Bertz CT molecular complexity index is 344. The van der Waals surface area contributed by atoms with Crippen molar-refractivity contribution in [3.05, 3.63) is 25.3 Å². The molecule has 2 unspecified atom stereocenters. The third-order valence-electron chi connectivity index (χ3n) is 2.75. The van der Waals surface area contributed by atoms with E-state index in [0.717, 1.165) is 12.1 Å². The summed E-state index contributed by atoms with van der Waals surface area (Å²) in [6, 6.07) is 1.90. The van der Waals surface area contributed by atoms with Gasteiger partial charge >= 0.3 is 0 Å². The van der Waals surface area contributed by atoms with E-state index in [1.165, 1.54) is 0 Å². The molecule has 0 radical (unpaired) electrons. The van der Waals surface area contributed by atoms with Gasteiger partial charge in [-0.2, -0.15) is 0 Å². The molecule has 0 bridgehead atoms. The van der Waals surface area contributed by atoms with E-state index in [-0.39, 0.29) is 12.2 Å². The molecule has 0 aromatic heterocycles. The van der Waals surface area contributed by atoms with Gasteiger partial charge in [0, 0.05) is 0 Å². The molecule has 0 aromatic rings. The highest BCUT2D eigenvalue weighted by Gasteiger charge is 2.24. The minimum absolute atomic E-state index is 0.0492. The van der Waals surface area contributed by atoms with Crippen LogP contribution in [0, 0.1) is 11.8 Å². The first kappa shape index (κ1) is 19.4. The van der Waals surface area contributed by atoms with Crippen LogP contribution >= 0.6 is 0 Å². The maximum absolute atomic E-state index is 6.04. The minimum atomic E-state index is -1.66. The van der Waals surface area contributed by atoms with Crippen molar-refractivity contribution in [1.82, 2.24) is 0 Å². The summed E-state index contributed by atoms with van der Waals surface area (Å²) in [5, 5.41) is 0. The molecule has 2 atom stereocenters. The zero-order chi connectivity index (χ0) is 15.8. The minimum Gasteiger partial charge on any atom is -0.404 e. The molecule has 0 aliphatic rings. The molecule has 0 amide bonds. The van der Waals surface area contributed by atoms with E-state index in [4.69, 9.17) is 8.85 Å². The molecule has 20 heavy (non-hydrogen) atoms. The first-order chi connectivity index (χ1) is 9.12. The Morgan fingerprint density at radius 3 is 1.40 bits per heavy atom. The second-order valence-corrected chi connectivity index (χ2v) is 14.6. The summed E-state index contributed by atoms with van der Waals surface area (Å²) < 4.78 is 12.1. The first-order valence-corrected chi connectivity index (χ1v) is 13.4. The van der Waals surface area contributed by atoms with Crippen LogP contribution in [0.5, 0.6) is 0 Å². The molecule has 0 saturated carbocycles. The summed E-state index contributed by atoms with van der Waals surface area (Å²) in [6.07, 6.45) is 3.77. The van der Waals surface area contributed by atoms with Gasteiger partial charge < -0.3 is 8.85 Å². The SMILES string of the molecule is C=CC[Si](C)(C)OC(C)C#CC(C)O[Si](C)(C)CC=C. The van der Waals surface area contributed by atoms with Crippen LogP contribution in [0.25, 0.3) is 0 Å². The topological polar surface area (TPSA) is 18.5 Å². The maximum Gasteiger partial charge on any atom is 0.192 e. The van der Waals surface area contributed by atoms with Gasteiger partial charge in [-0.3, -0.25) is 0 Å². The van der Waals surface area contributed by atoms with Gasteiger partial charge in [0.05, 0.1) is 0 Å². The Morgan fingerprint density at radius 1 is 0.850 bits per heavy atom. The number of allylic oxidation sites excluding steroid dienone is 2. The van der Waals surface area contributed by atoms with Crippen LogP contribution in [-0.4, -0.2) is 28.8 Å². The lowest BCUT2D eigenvalue weighted by Gasteiger charge is -2.25. The Kier molecular flexibility index (Phi) is 8.37. The van der Waals surface area contributed by atoms with Crippen molar-refractivity contribution < 1.29 is 8.85 Å². The van der Waals surface area contributed by atoms with Crippen molar-refractivity contribution in [1.29, 1.82) is 0 Å². The van der Waals surface area contributed by atoms with Crippen LogP contribution in [0.1, 0.15) is 13.8 Å². The normalized spacial score (nSPS) is 14.9. The second kappa shape index (κ2) is 8.63. The van der Waals surface area contributed by atoms with Gasteiger partial charge in [-0.15, -0.1) is 13.2 Å². The van der Waals surface area contributed by atoms with Crippen LogP contribution in [0.3, 0.4) is 0 Å². The molecule has 0 saturated heterocycles. The lowest BCUT2D eigenvalue weighted by atomic mass is 10.3. The molecular formula is C16H30O2Si2. The number of hydrogen-bond donors (Lipinski definition) is 0. The van der Waals surface area contributed by atoms with Crippen LogP contribution < -0.4 is 0 Å². The molecule has 2 nitrogen and oxygen atoms in total. The molecule has 4 heteroatoms. The summed E-state index contributed by atoms with van der Waals surface area (Å²) >= 11 is 0. The van der Waals surface area contributed by atoms with Crippen molar-refractivity contribution in [2.24, 2.45) is 0 Å². The van der Waals surface area contributed by atoms with E-state index < -0.39 is 16.6 Å². The van der Waals surface area contributed by atoms with Crippen molar-refractivity contribution in [3.63, 3.8) is 0 Å². The highest BCUT2D eigenvalue weighted by Crippen LogP contribution is 2.15. The quantitative estimate of drug-likeness (QED) is 0.371. The molecule has 114 valence electrons. The average molecular weight is 311 g/mol.